The Bertz CT molecular complexity index is 1010. The van der Waals surface area contributed by atoms with Crippen molar-refractivity contribution in [1.29, 1.82) is 0 Å². The number of H-pyrrole nitrogens is 1. The van der Waals surface area contributed by atoms with Crippen LogP contribution < -0.4 is 20.3 Å². The number of benzene rings is 1. The van der Waals surface area contributed by atoms with E-state index < -0.39 is 11.5 Å². The third-order valence-corrected chi connectivity index (χ3v) is 4.55. The van der Waals surface area contributed by atoms with Crippen LogP contribution in [0.5, 0.6) is 17.2 Å². The number of hydrogen-bond acceptors (Lipinski definition) is 6. The summed E-state index contributed by atoms with van der Waals surface area (Å²) in [4.78, 5) is 27.5. The van der Waals surface area contributed by atoms with Gasteiger partial charge in [0.1, 0.15) is 17.1 Å². The number of ether oxygens (including phenoxy) is 2. The molecule has 0 saturated heterocycles. The first-order chi connectivity index (χ1) is 12.5. The van der Waals surface area contributed by atoms with E-state index in [9.17, 15) is 14.7 Å². The van der Waals surface area contributed by atoms with Gasteiger partial charge < -0.3 is 24.9 Å². The summed E-state index contributed by atoms with van der Waals surface area (Å²) < 4.78 is 11.4. The summed E-state index contributed by atoms with van der Waals surface area (Å²) in [5.41, 5.74) is -0.163. The lowest BCUT2D eigenvalue weighted by Crippen LogP contribution is -2.23. The van der Waals surface area contributed by atoms with Gasteiger partial charge in [0.15, 0.2) is 5.75 Å². The van der Waals surface area contributed by atoms with Gasteiger partial charge in [-0.1, -0.05) is 0 Å². The Morgan fingerprint density at radius 3 is 2.73 bits per heavy atom. The zero-order chi connectivity index (χ0) is 18.7. The lowest BCUT2D eigenvalue weighted by Gasteiger charge is -2.14. The Morgan fingerprint density at radius 2 is 2.00 bits per heavy atom. The Kier molecular flexibility index (Phi) is 5.13. The summed E-state index contributed by atoms with van der Waals surface area (Å²) in [6.07, 6.45) is 0. The Morgan fingerprint density at radius 1 is 1.23 bits per heavy atom. The van der Waals surface area contributed by atoms with Gasteiger partial charge in [0, 0.05) is 6.07 Å². The molecule has 136 valence electrons. The average molecular weight is 374 g/mol. The van der Waals surface area contributed by atoms with Crippen molar-refractivity contribution in [3.05, 3.63) is 45.6 Å². The molecule has 0 aliphatic carbocycles. The number of carbonyl (C=O) groups is 1. The first-order valence-corrected chi connectivity index (χ1v) is 8.96. The summed E-state index contributed by atoms with van der Waals surface area (Å²) >= 11 is 1.24. The minimum absolute atomic E-state index is 0.338. The maximum absolute atomic E-state index is 12.7. The summed E-state index contributed by atoms with van der Waals surface area (Å²) in [7, 11) is 0. The molecule has 3 rings (SSSR count). The molecule has 0 aliphatic heterocycles. The fourth-order valence-electron chi connectivity index (χ4n) is 2.54. The van der Waals surface area contributed by atoms with Crippen LogP contribution in [-0.4, -0.2) is 29.2 Å². The SMILES string of the molecule is CCOc1ccc(OCC)c(NC(=O)c2c(O)c3sccc3[nH]c2=O)c1. The number of aromatic amines is 1. The molecule has 0 saturated carbocycles. The van der Waals surface area contributed by atoms with Crippen molar-refractivity contribution in [3.63, 3.8) is 0 Å². The molecule has 7 nitrogen and oxygen atoms in total. The number of hydrogen-bond donors (Lipinski definition) is 3. The molecule has 0 spiro atoms. The molecule has 0 bridgehead atoms. The average Bonchev–Trinajstić information content (AvgIpc) is 3.06. The molecule has 0 fully saturated rings. The van der Waals surface area contributed by atoms with Gasteiger partial charge in [0.25, 0.3) is 11.5 Å². The second kappa shape index (κ2) is 7.49. The van der Waals surface area contributed by atoms with E-state index in [0.717, 1.165) is 0 Å². The lowest BCUT2D eigenvalue weighted by atomic mass is 10.2. The highest BCUT2D eigenvalue weighted by molar-refractivity contribution is 7.17. The van der Waals surface area contributed by atoms with Crippen molar-refractivity contribution >= 4 is 33.1 Å². The molecule has 3 N–H and O–H groups in total. The molecule has 2 heterocycles. The maximum atomic E-state index is 12.7. The van der Waals surface area contributed by atoms with E-state index >= 15 is 0 Å². The zero-order valence-electron chi connectivity index (χ0n) is 14.3. The quantitative estimate of drug-likeness (QED) is 0.614. The molecule has 0 unspecified atom stereocenters. The van der Waals surface area contributed by atoms with Crippen LogP contribution in [0.25, 0.3) is 10.2 Å². The summed E-state index contributed by atoms with van der Waals surface area (Å²) in [6, 6.07) is 6.69. The number of carbonyl (C=O) groups excluding carboxylic acids is 1. The lowest BCUT2D eigenvalue weighted by molar-refractivity contribution is 0.102. The van der Waals surface area contributed by atoms with Gasteiger partial charge in [-0.3, -0.25) is 9.59 Å². The monoisotopic (exact) mass is 374 g/mol. The fraction of sp³-hybridized carbons (Fsp3) is 0.222. The summed E-state index contributed by atoms with van der Waals surface area (Å²) in [6.45, 7) is 4.55. The van der Waals surface area contributed by atoms with Gasteiger partial charge in [-0.15, -0.1) is 11.3 Å². The maximum Gasteiger partial charge on any atom is 0.265 e. The number of aromatic nitrogens is 1. The Balaban J connectivity index is 1.99. The Labute approximate surface area is 153 Å². The standard InChI is InChI=1S/C18H18N2O5S/c1-3-24-10-5-6-13(25-4-2)12(9-10)20-18(23)14-15(21)16-11(7-8-26-16)19-17(14)22/h5-9H,3-4H2,1-2H3,(H,20,23)(H2,19,21,22). The summed E-state index contributed by atoms with van der Waals surface area (Å²) in [5.74, 6) is -0.0701. The van der Waals surface area contributed by atoms with E-state index in [4.69, 9.17) is 9.47 Å². The van der Waals surface area contributed by atoms with Crippen LogP contribution in [-0.2, 0) is 0 Å². The van der Waals surface area contributed by atoms with Crippen LogP contribution in [0.15, 0.2) is 34.4 Å². The van der Waals surface area contributed by atoms with Gasteiger partial charge in [-0.2, -0.15) is 0 Å². The molecule has 1 aromatic carbocycles. The van der Waals surface area contributed by atoms with Crippen molar-refractivity contribution in [3.8, 4) is 17.2 Å². The first kappa shape index (κ1) is 17.8. The largest absolute Gasteiger partial charge is 0.505 e. The highest BCUT2D eigenvalue weighted by atomic mass is 32.1. The van der Waals surface area contributed by atoms with Crippen LogP contribution in [0, 0.1) is 0 Å². The van der Waals surface area contributed by atoms with Gasteiger partial charge in [-0.05, 0) is 37.4 Å². The summed E-state index contributed by atoms with van der Waals surface area (Å²) in [5, 5.41) is 14.7. The zero-order valence-corrected chi connectivity index (χ0v) is 15.1. The van der Waals surface area contributed by atoms with E-state index in [1.54, 1.807) is 29.6 Å². The predicted molar refractivity (Wildman–Crippen MR) is 101 cm³/mol. The number of nitrogens with one attached hydrogen (secondary N) is 2. The second-order valence-electron chi connectivity index (χ2n) is 5.32. The third-order valence-electron chi connectivity index (χ3n) is 3.63. The second-order valence-corrected chi connectivity index (χ2v) is 6.24. The number of thiophene rings is 1. The molecule has 1 amide bonds. The van der Waals surface area contributed by atoms with Gasteiger partial charge >= 0.3 is 0 Å². The molecular weight excluding hydrogens is 356 g/mol. The van der Waals surface area contributed by atoms with E-state index in [1.807, 2.05) is 13.8 Å². The highest BCUT2D eigenvalue weighted by Crippen LogP contribution is 2.32. The topological polar surface area (TPSA) is 101 Å². The normalized spacial score (nSPS) is 10.7. The number of fused-ring (bicyclic) bond motifs is 1. The van der Waals surface area contributed by atoms with Crippen molar-refractivity contribution in [2.24, 2.45) is 0 Å². The van der Waals surface area contributed by atoms with Gasteiger partial charge in [-0.25, -0.2) is 0 Å². The molecule has 2 aromatic heterocycles. The smallest absolute Gasteiger partial charge is 0.265 e. The van der Waals surface area contributed by atoms with E-state index in [2.05, 4.69) is 10.3 Å². The number of rotatable bonds is 6. The van der Waals surface area contributed by atoms with Crippen LogP contribution in [0.4, 0.5) is 5.69 Å². The first-order valence-electron chi connectivity index (χ1n) is 8.08. The third kappa shape index (κ3) is 3.36. The number of aromatic hydroxyl groups is 1. The van der Waals surface area contributed by atoms with Crippen LogP contribution in [0.3, 0.4) is 0 Å². The molecule has 26 heavy (non-hydrogen) atoms. The van der Waals surface area contributed by atoms with Gasteiger partial charge in [0.2, 0.25) is 0 Å². The highest BCUT2D eigenvalue weighted by Gasteiger charge is 2.21. The molecule has 0 aliphatic rings. The molecule has 3 aromatic rings. The van der Waals surface area contributed by atoms with E-state index in [-0.39, 0.29) is 11.3 Å². The van der Waals surface area contributed by atoms with Crippen molar-refractivity contribution in [2.45, 2.75) is 13.8 Å². The molecule has 8 heteroatoms. The molecule has 0 atom stereocenters. The van der Waals surface area contributed by atoms with Crippen molar-refractivity contribution in [1.82, 2.24) is 4.98 Å². The van der Waals surface area contributed by atoms with Crippen LogP contribution in [0.1, 0.15) is 24.2 Å². The van der Waals surface area contributed by atoms with Crippen LogP contribution in [0.2, 0.25) is 0 Å². The molecule has 0 radical (unpaired) electrons. The number of amides is 1. The molecular formula is C18H18N2O5S. The van der Waals surface area contributed by atoms with Gasteiger partial charge in [0.05, 0.1) is 29.1 Å². The minimum atomic E-state index is -0.728. The minimum Gasteiger partial charge on any atom is -0.505 e. The van der Waals surface area contributed by atoms with Crippen molar-refractivity contribution < 1.29 is 19.4 Å². The predicted octanol–water partition coefficient (Wildman–Crippen LogP) is 3.34. The van der Waals surface area contributed by atoms with E-state index in [1.165, 1.54) is 11.3 Å². The Hall–Kier alpha value is -3.00. The van der Waals surface area contributed by atoms with Crippen molar-refractivity contribution in [2.75, 3.05) is 18.5 Å². The van der Waals surface area contributed by atoms with Crippen LogP contribution >= 0.6 is 11.3 Å². The fourth-order valence-corrected chi connectivity index (χ4v) is 3.34. The van der Waals surface area contributed by atoms with E-state index in [0.29, 0.717) is 40.6 Å². The number of anilines is 1. The number of pyridine rings is 1.